The number of thiophene rings is 1. The summed E-state index contributed by atoms with van der Waals surface area (Å²) in [5.41, 5.74) is 2.31. The molecule has 1 aliphatic carbocycles. The van der Waals surface area contributed by atoms with Crippen molar-refractivity contribution in [3.8, 4) is 11.4 Å². The van der Waals surface area contributed by atoms with Gasteiger partial charge in [0.15, 0.2) is 5.16 Å². The first-order valence-corrected chi connectivity index (χ1v) is 13.2. The highest BCUT2D eigenvalue weighted by molar-refractivity contribution is 7.99. The van der Waals surface area contributed by atoms with Gasteiger partial charge in [-0.25, -0.2) is 4.98 Å². The van der Waals surface area contributed by atoms with Crippen molar-refractivity contribution in [3.05, 3.63) is 74.3 Å². The zero-order valence-electron chi connectivity index (χ0n) is 18.5. The summed E-state index contributed by atoms with van der Waals surface area (Å²) in [5.74, 6) is 0.508. The molecule has 0 unspecified atom stereocenters. The SMILES string of the molecule is CCOc1ccccc1NC(=O)CSc1nc2sc3c(c2c(=O)n1-c1ccc(Cl)cc1)CCC3. The molecule has 1 aliphatic rings. The van der Waals surface area contributed by atoms with Crippen LogP contribution in [0.4, 0.5) is 5.69 Å². The van der Waals surface area contributed by atoms with E-state index in [-0.39, 0.29) is 17.2 Å². The normalized spacial score (nSPS) is 12.6. The van der Waals surface area contributed by atoms with Crippen LogP contribution in [0.5, 0.6) is 5.75 Å². The molecule has 6 nitrogen and oxygen atoms in total. The lowest BCUT2D eigenvalue weighted by atomic mass is 10.2. The molecular formula is C25H22ClN3O3S2. The van der Waals surface area contributed by atoms with Crippen LogP contribution in [0.2, 0.25) is 5.02 Å². The number of aryl methyl sites for hydroxylation is 2. The number of rotatable bonds is 7. The Morgan fingerprint density at radius 2 is 2.00 bits per heavy atom. The zero-order valence-corrected chi connectivity index (χ0v) is 20.9. The molecule has 1 amide bonds. The minimum absolute atomic E-state index is 0.0943. The number of para-hydroxylation sites is 2. The van der Waals surface area contributed by atoms with Gasteiger partial charge in [0, 0.05) is 9.90 Å². The number of carbonyl (C=O) groups excluding carboxylic acids is 1. The number of carbonyl (C=O) groups is 1. The summed E-state index contributed by atoms with van der Waals surface area (Å²) in [4.78, 5) is 33.3. The van der Waals surface area contributed by atoms with Gasteiger partial charge in [0.2, 0.25) is 5.91 Å². The third-order valence-corrected chi connectivity index (χ3v) is 7.96. The number of aromatic nitrogens is 2. The third kappa shape index (κ3) is 4.45. The van der Waals surface area contributed by atoms with Gasteiger partial charge in [-0.15, -0.1) is 11.3 Å². The summed E-state index contributed by atoms with van der Waals surface area (Å²) in [6.07, 6.45) is 2.96. The van der Waals surface area contributed by atoms with Crippen LogP contribution in [0.3, 0.4) is 0 Å². The number of hydrogen-bond donors (Lipinski definition) is 1. The van der Waals surface area contributed by atoms with E-state index >= 15 is 0 Å². The number of nitrogens with one attached hydrogen (secondary N) is 1. The maximum atomic E-state index is 13.7. The molecule has 0 aliphatic heterocycles. The first kappa shape index (κ1) is 23.0. The fourth-order valence-electron chi connectivity index (χ4n) is 4.11. The van der Waals surface area contributed by atoms with Gasteiger partial charge in [-0.2, -0.15) is 0 Å². The molecule has 2 aromatic heterocycles. The van der Waals surface area contributed by atoms with Crippen LogP contribution < -0.4 is 15.6 Å². The lowest BCUT2D eigenvalue weighted by Gasteiger charge is -2.13. The van der Waals surface area contributed by atoms with E-state index in [9.17, 15) is 9.59 Å². The van der Waals surface area contributed by atoms with Crippen molar-refractivity contribution in [2.45, 2.75) is 31.3 Å². The molecule has 4 aromatic rings. The molecule has 5 rings (SSSR count). The lowest BCUT2D eigenvalue weighted by molar-refractivity contribution is -0.113. The molecule has 1 N–H and O–H groups in total. The maximum Gasteiger partial charge on any atom is 0.267 e. The summed E-state index contributed by atoms with van der Waals surface area (Å²) in [6, 6.07) is 14.4. The molecule has 0 fully saturated rings. The fourth-order valence-corrected chi connectivity index (χ4v) is 6.35. The van der Waals surface area contributed by atoms with Crippen LogP contribution in [0, 0.1) is 0 Å². The van der Waals surface area contributed by atoms with Crippen molar-refractivity contribution in [2.75, 3.05) is 17.7 Å². The fraction of sp³-hybridized carbons (Fsp3) is 0.240. The van der Waals surface area contributed by atoms with Crippen LogP contribution >= 0.6 is 34.7 Å². The zero-order chi connectivity index (χ0) is 23.7. The van der Waals surface area contributed by atoms with E-state index < -0.39 is 0 Å². The number of ether oxygens (including phenoxy) is 1. The van der Waals surface area contributed by atoms with Crippen molar-refractivity contribution in [1.82, 2.24) is 9.55 Å². The molecule has 0 spiro atoms. The Bertz CT molecular complexity index is 1430. The first-order valence-electron chi connectivity index (χ1n) is 11.0. The standard InChI is InChI=1S/C25H22ClN3O3S2/c1-2-32-19-8-4-3-7-18(19)27-21(30)14-33-25-28-23-22(17-6-5-9-20(17)34-23)24(31)29(25)16-12-10-15(26)11-13-16/h3-4,7-8,10-13H,2,5-6,9,14H2,1H3,(H,27,30). The van der Waals surface area contributed by atoms with Gasteiger partial charge in [-0.3, -0.25) is 14.2 Å². The molecular weight excluding hydrogens is 490 g/mol. The van der Waals surface area contributed by atoms with E-state index in [0.29, 0.717) is 39.3 Å². The van der Waals surface area contributed by atoms with E-state index in [0.717, 1.165) is 29.7 Å². The number of amides is 1. The number of fused-ring (bicyclic) bond motifs is 3. The number of benzene rings is 2. The van der Waals surface area contributed by atoms with Gasteiger partial charge in [0.25, 0.3) is 5.56 Å². The number of nitrogens with zero attached hydrogens (tertiary/aromatic N) is 2. The van der Waals surface area contributed by atoms with E-state index in [1.807, 2.05) is 25.1 Å². The van der Waals surface area contributed by atoms with Gasteiger partial charge in [-0.05, 0) is 68.1 Å². The van der Waals surface area contributed by atoms with E-state index in [4.69, 9.17) is 21.3 Å². The molecule has 0 saturated heterocycles. The van der Waals surface area contributed by atoms with E-state index in [2.05, 4.69) is 5.32 Å². The van der Waals surface area contributed by atoms with Crippen LogP contribution in [-0.2, 0) is 17.6 Å². The second-order valence-corrected chi connectivity index (χ2v) is 10.3. The molecule has 34 heavy (non-hydrogen) atoms. The molecule has 0 atom stereocenters. The highest BCUT2D eigenvalue weighted by Crippen LogP contribution is 2.36. The molecule has 0 radical (unpaired) electrons. The predicted molar refractivity (Wildman–Crippen MR) is 139 cm³/mol. The van der Waals surface area contributed by atoms with Gasteiger partial charge in [0.05, 0.1) is 29.1 Å². The number of thioether (sulfide) groups is 1. The molecule has 0 saturated carbocycles. The van der Waals surface area contributed by atoms with Crippen molar-refractivity contribution >= 4 is 56.5 Å². The number of anilines is 1. The highest BCUT2D eigenvalue weighted by Gasteiger charge is 2.24. The Kier molecular flexibility index (Phi) is 6.63. The van der Waals surface area contributed by atoms with Gasteiger partial charge in [-0.1, -0.05) is 35.5 Å². The Morgan fingerprint density at radius 3 is 2.79 bits per heavy atom. The second kappa shape index (κ2) is 9.82. The highest BCUT2D eigenvalue weighted by atomic mass is 35.5. The Morgan fingerprint density at radius 1 is 1.21 bits per heavy atom. The van der Waals surface area contributed by atoms with Crippen LogP contribution in [0.1, 0.15) is 23.8 Å². The molecule has 0 bridgehead atoms. The monoisotopic (exact) mass is 511 g/mol. The number of halogens is 1. The Balaban J connectivity index is 1.48. The molecule has 174 valence electrons. The van der Waals surface area contributed by atoms with Crippen LogP contribution in [-0.4, -0.2) is 27.8 Å². The minimum atomic E-state index is -0.206. The summed E-state index contributed by atoms with van der Waals surface area (Å²) >= 11 is 8.90. The van der Waals surface area contributed by atoms with Gasteiger partial charge in [0.1, 0.15) is 10.6 Å². The average Bonchev–Trinajstić information content (AvgIpc) is 3.41. The quantitative estimate of drug-likeness (QED) is 0.254. The molecule has 9 heteroatoms. The molecule has 2 aromatic carbocycles. The van der Waals surface area contributed by atoms with Crippen molar-refractivity contribution < 1.29 is 9.53 Å². The van der Waals surface area contributed by atoms with Crippen molar-refractivity contribution in [3.63, 3.8) is 0 Å². The summed E-state index contributed by atoms with van der Waals surface area (Å²) in [5, 5.41) is 4.67. The largest absolute Gasteiger partial charge is 0.492 e. The second-order valence-electron chi connectivity index (χ2n) is 7.81. The Labute approximate surface area is 209 Å². The predicted octanol–water partition coefficient (Wildman–Crippen LogP) is 5.72. The smallest absolute Gasteiger partial charge is 0.267 e. The van der Waals surface area contributed by atoms with E-state index in [1.54, 1.807) is 46.2 Å². The minimum Gasteiger partial charge on any atom is -0.492 e. The van der Waals surface area contributed by atoms with Crippen LogP contribution in [0.25, 0.3) is 15.9 Å². The average molecular weight is 512 g/mol. The third-order valence-electron chi connectivity index (χ3n) is 5.59. The molecule has 2 heterocycles. The summed E-state index contributed by atoms with van der Waals surface area (Å²) in [6.45, 7) is 2.40. The number of hydrogen-bond acceptors (Lipinski definition) is 6. The van der Waals surface area contributed by atoms with Crippen molar-refractivity contribution in [1.29, 1.82) is 0 Å². The topological polar surface area (TPSA) is 73.2 Å². The van der Waals surface area contributed by atoms with E-state index in [1.165, 1.54) is 16.6 Å². The Hall–Kier alpha value is -2.81. The van der Waals surface area contributed by atoms with Gasteiger partial charge < -0.3 is 10.1 Å². The van der Waals surface area contributed by atoms with Gasteiger partial charge >= 0.3 is 0 Å². The van der Waals surface area contributed by atoms with Crippen molar-refractivity contribution in [2.24, 2.45) is 0 Å². The first-order chi connectivity index (χ1) is 16.5. The summed E-state index contributed by atoms with van der Waals surface area (Å²) < 4.78 is 7.19. The maximum absolute atomic E-state index is 13.7. The summed E-state index contributed by atoms with van der Waals surface area (Å²) in [7, 11) is 0. The lowest BCUT2D eigenvalue weighted by Crippen LogP contribution is -2.23. The van der Waals surface area contributed by atoms with Crippen LogP contribution in [0.15, 0.2) is 58.5 Å².